The second-order valence-electron chi connectivity index (χ2n) is 3.41. The predicted octanol–water partition coefficient (Wildman–Crippen LogP) is 1.82. The van der Waals surface area contributed by atoms with E-state index in [2.05, 4.69) is 20.9 Å². The predicted molar refractivity (Wildman–Crippen MR) is 61.4 cm³/mol. The number of halogens is 1. The summed E-state index contributed by atoms with van der Waals surface area (Å²) in [5, 5.41) is 0. The van der Waals surface area contributed by atoms with Gasteiger partial charge in [-0.05, 0) is 28.1 Å². The summed E-state index contributed by atoms with van der Waals surface area (Å²) in [6.45, 7) is 0.875. The first-order chi connectivity index (χ1) is 7.70. The summed E-state index contributed by atoms with van der Waals surface area (Å²) >= 11 is 3.29. The molecule has 16 heavy (non-hydrogen) atoms. The monoisotopic (exact) mass is 286 g/mol. The van der Waals surface area contributed by atoms with Crippen LogP contribution in [-0.4, -0.2) is 37.4 Å². The van der Waals surface area contributed by atoms with E-state index in [0.717, 1.165) is 4.47 Å². The molecule has 0 aliphatic carbocycles. The van der Waals surface area contributed by atoms with Crippen LogP contribution in [0.15, 0.2) is 22.8 Å². The molecule has 0 radical (unpaired) electrons. The number of carbonyl (C=O) groups excluding carboxylic acids is 1. The van der Waals surface area contributed by atoms with Crippen molar-refractivity contribution < 1.29 is 14.3 Å². The van der Waals surface area contributed by atoms with E-state index in [1.165, 1.54) is 4.90 Å². The molecular weight excluding hydrogens is 276 g/mol. The van der Waals surface area contributed by atoms with Crippen molar-refractivity contribution in [3.8, 4) is 0 Å². The first-order valence-corrected chi connectivity index (χ1v) is 5.58. The lowest BCUT2D eigenvalue weighted by atomic mass is 10.3. The molecule has 1 aliphatic heterocycles. The maximum Gasteiger partial charge on any atom is 0.416 e. The van der Waals surface area contributed by atoms with Gasteiger partial charge in [0.15, 0.2) is 0 Å². The average Bonchev–Trinajstić information content (AvgIpc) is 2.61. The number of ether oxygens (including phenoxy) is 2. The SMILES string of the molecule is COCC1CN(c2ccc(Br)cn2)C(=O)O1. The van der Waals surface area contributed by atoms with E-state index < -0.39 is 0 Å². The van der Waals surface area contributed by atoms with Gasteiger partial charge in [-0.15, -0.1) is 0 Å². The van der Waals surface area contributed by atoms with E-state index in [1.807, 2.05) is 6.07 Å². The van der Waals surface area contributed by atoms with Crippen LogP contribution in [0.25, 0.3) is 0 Å². The minimum absolute atomic E-state index is 0.219. The molecule has 0 N–H and O–H groups in total. The number of pyridine rings is 1. The number of amides is 1. The maximum absolute atomic E-state index is 11.5. The Morgan fingerprint density at radius 3 is 3.12 bits per heavy atom. The zero-order chi connectivity index (χ0) is 11.5. The fraction of sp³-hybridized carbons (Fsp3) is 0.400. The van der Waals surface area contributed by atoms with Crippen LogP contribution in [0.5, 0.6) is 0 Å². The Bertz CT molecular complexity index is 382. The second-order valence-corrected chi connectivity index (χ2v) is 4.32. The highest BCUT2D eigenvalue weighted by Gasteiger charge is 2.32. The van der Waals surface area contributed by atoms with Gasteiger partial charge in [-0.3, -0.25) is 4.90 Å². The molecule has 0 saturated carbocycles. The van der Waals surface area contributed by atoms with Gasteiger partial charge >= 0.3 is 6.09 Å². The molecule has 1 saturated heterocycles. The summed E-state index contributed by atoms with van der Waals surface area (Å²) in [4.78, 5) is 17.2. The number of carbonyl (C=O) groups is 1. The summed E-state index contributed by atoms with van der Waals surface area (Å²) in [6, 6.07) is 3.60. The summed E-state index contributed by atoms with van der Waals surface area (Å²) in [5.74, 6) is 0.590. The molecule has 1 amide bonds. The Balaban J connectivity index is 2.10. The minimum atomic E-state index is -0.378. The van der Waals surface area contributed by atoms with Gasteiger partial charge in [0.1, 0.15) is 11.9 Å². The number of nitrogens with zero attached hydrogens (tertiary/aromatic N) is 2. The van der Waals surface area contributed by atoms with Crippen molar-refractivity contribution in [2.24, 2.45) is 0 Å². The molecule has 1 aromatic heterocycles. The van der Waals surface area contributed by atoms with E-state index >= 15 is 0 Å². The van der Waals surface area contributed by atoms with Gasteiger partial charge in [-0.25, -0.2) is 9.78 Å². The lowest BCUT2D eigenvalue weighted by molar-refractivity contribution is 0.0718. The van der Waals surface area contributed by atoms with E-state index in [1.54, 1.807) is 19.4 Å². The van der Waals surface area contributed by atoms with Gasteiger partial charge in [-0.1, -0.05) is 0 Å². The Morgan fingerprint density at radius 2 is 2.50 bits per heavy atom. The normalized spacial score (nSPS) is 20.0. The average molecular weight is 287 g/mol. The van der Waals surface area contributed by atoms with Gasteiger partial charge in [0.25, 0.3) is 0 Å². The van der Waals surface area contributed by atoms with Gasteiger partial charge in [0.05, 0.1) is 13.2 Å². The highest BCUT2D eigenvalue weighted by atomic mass is 79.9. The largest absolute Gasteiger partial charge is 0.441 e. The molecule has 1 fully saturated rings. The fourth-order valence-electron chi connectivity index (χ4n) is 1.51. The van der Waals surface area contributed by atoms with Crippen LogP contribution >= 0.6 is 15.9 Å². The number of cyclic esters (lactones) is 1. The summed E-state index contributed by atoms with van der Waals surface area (Å²) in [5.41, 5.74) is 0. The van der Waals surface area contributed by atoms with Crippen LogP contribution in [0.4, 0.5) is 10.6 Å². The van der Waals surface area contributed by atoms with Crippen molar-refractivity contribution in [1.82, 2.24) is 4.98 Å². The molecule has 1 aliphatic rings. The number of methoxy groups -OCH3 is 1. The van der Waals surface area contributed by atoms with E-state index in [0.29, 0.717) is 19.0 Å². The van der Waals surface area contributed by atoms with Gasteiger partial charge in [0, 0.05) is 17.8 Å². The van der Waals surface area contributed by atoms with Crippen molar-refractivity contribution in [1.29, 1.82) is 0 Å². The van der Waals surface area contributed by atoms with Crippen molar-refractivity contribution in [3.63, 3.8) is 0 Å². The molecule has 2 heterocycles. The Hall–Kier alpha value is -1.14. The van der Waals surface area contributed by atoms with Crippen LogP contribution in [0.2, 0.25) is 0 Å². The molecule has 1 atom stereocenters. The number of anilines is 1. The lowest BCUT2D eigenvalue weighted by Gasteiger charge is -2.11. The van der Waals surface area contributed by atoms with Crippen molar-refractivity contribution in [3.05, 3.63) is 22.8 Å². The smallest absolute Gasteiger partial charge is 0.416 e. The molecule has 1 aromatic rings. The lowest BCUT2D eigenvalue weighted by Crippen LogP contribution is -2.26. The maximum atomic E-state index is 11.5. The Labute approximate surface area is 101 Å². The van der Waals surface area contributed by atoms with Crippen LogP contribution in [0.3, 0.4) is 0 Å². The molecular formula is C10H11BrN2O3. The molecule has 0 bridgehead atoms. The van der Waals surface area contributed by atoms with E-state index in [-0.39, 0.29) is 12.2 Å². The zero-order valence-electron chi connectivity index (χ0n) is 8.72. The summed E-state index contributed by atoms with van der Waals surface area (Å²) in [6.07, 6.45) is 1.05. The van der Waals surface area contributed by atoms with Gasteiger partial charge in [-0.2, -0.15) is 0 Å². The molecule has 6 heteroatoms. The number of rotatable bonds is 3. The van der Waals surface area contributed by atoms with Crippen molar-refractivity contribution in [2.45, 2.75) is 6.10 Å². The number of aromatic nitrogens is 1. The minimum Gasteiger partial charge on any atom is -0.441 e. The second kappa shape index (κ2) is 4.80. The third-order valence-corrected chi connectivity index (χ3v) is 2.68. The third-order valence-electron chi connectivity index (χ3n) is 2.21. The van der Waals surface area contributed by atoms with E-state index in [4.69, 9.17) is 9.47 Å². The number of hydrogen-bond acceptors (Lipinski definition) is 4. The van der Waals surface area contributed by atoms with Gasteiger partial charge in [0.2, 0.25) is 0 Å². The highest BCUT2D eigenvalue weighted by Crippen LogP contribution is 2.20. The number of hydrogen-bond donors (Lipinski definition) is 0. The molecule has 5 nitrogen and oxygen atoms in total. The standard InChI is InChI=1S/C10H11BrN2O3/c1-15-6-8-5-13(10(14)16-8)9-3-2-7(11)4-12-9/h2-4,8H,5-6H2,1H3. The van der Waals surface area contributed by atoms with Crippen LogP contribution < -0.4 is 4.90 Å². The quantitative estimate of drug-likeness (QED) is 0.851. The molecule has 86 valence electrons. The topological polar surface area (TPSA) is 51.7 Å². The van der Waals surface area contributed by atoms with Crippen molar-refractivity contribution >= 4 is 27.8 Å². The Kier molecular flexibility index (Phi) is 3.40. The van der Waals surface area contributed by atoms with Gasteiger partial charge < -0.3 is 9.47 Å². The van der Waals surface area contributed by atoms with E-state index in [9.17, 15) is 4.79 Å². The molecule has 0 spiro atoms. The first-order valence-electron chi connectivity index (χ1n) is 4.79. The molecule has 0 aromatic carbocycles. The third kappa shape index (κ3) is 2.33. The highest BCUT2D eigenvalue weighted by molar-refractivity contribution is 9.10. The molecule has 1 unspecified atom stereocenters. The Morgan fingerprint density at radius 1 is 1.69 bits per heavy atom. The van der Waals surface area contributed by atoms with Crippen LogP contribution in [-0.2, 0) is 9.47 Å². The van der Waals surface area contributed by atoms with Crippen LogP contribution in [0, 0.1) is 0 Å². The van der Waals surface area contributed by atoms with Crippen molar-refractivity contribution in [2.75, 3.05) is 25.2 Å². The summed E-state index contributed by atoms with van der Waals surface area (Å²) < 4.78 is 10.9. The van der Waals surface area contributed by atoms with Crippen LogP contribution in [0.1, 0.15) is 0 Å². The zero-order valence-corrected chi connectivity index (χ0v) is 10.3. The molecule has 2 rings (SSSR count). The fourth-order valence-corrected chi connectivity index (χ4v) is 1.74. The first kappa shape index (κ1) is 11.3. The summed E-state index contributed by atoms with van der Waals surface area (Å²) in [7, 11) is 1.58.